The zero-order valence-electron chi connectivity index (χ0n) is 15.5. The summed E-state index contributed by atoms with van der Waals surface area (Å²) >= 11 is 0. The van der Waals surface area contributed by atoms with Crippen LogP contribution in [0.2, 0.25) is 0 Å². The Hall–Kier alpha value is -3.16. The van der Waals surface area contributed by atoms with Crippen LogP contribution in [0.25, 0.3) is 0 Å². The smallest absolute Gasteiger partial charge is 0.416 e. The Bertz CT molecular complexity index is 994. The Balaban J connectivity index is 2.17. The molecule has 29 heavy (non-hydrogen) atoms. The number of carbonyl (C=O) groups is 2. The number of hydrogen-bond donors (Lipinski definition) is 1. The predicted octanol–water partition coefficient (Wildman–Crippen LogP) is 4.97. The molecule has 0 aliphatic carbocycles. The van der Waals surface area contributed by atoms with Crippen molar-refractivity contribution in [3.8, 4) is 0 Å². The number of aliphatic hydroxyl groups is 1. The Morgan fingerprint density at radius 1 is 1.07 bits per heavy atom. The van der Waals surface area contributed by atoms with E-state index >= 15 is 0 Å². The van der Waals surface area contributed by atoms with Crippen LogP contribution in [0.4, 0.5) is 23.2 Å². The van der Waals surface area contributed by atoms with Crippen LogP contribution >= 0.6 is 0 Å². The minimum Gasteiger partial charge on any atom is -0.503 e. The summed E-state index contributed by atoms with van der Waals surface area (Å²) in [4.78, 5) is 26.4. The molecular weight excluding hydrogens is 390 g/mol. The summed E-state index contributed by atoms with van der Waals surface area (Å²) in [5.74, 6) is -3.69. The lowest BCUT2D eigenvalue weighted by Gasteiger charge is -2.27. The number of rotatable bonds is 4. The molecule has 0 spiro atoms. The molecule has 0 aromatic heterocycles. The van der Waals surface area contributed by atoms with E-state index in [0.29, 0.717) is 0 Å². The van der Waals surface area contributed by atoms with Crippen LogP contribution in [-0.4, -0.2) is 16.8 Å². The number of nitrogens with zero attached hydrogens (tertiary/aromatic N) is 1. The third-order valence-corrected chi connectivity index (χ3v) is 4.67. The van der Waals surface area contributed by atoms with Crippen LogP contribution in [0.1, 0.15) is 31.0 Å². The van der Waals surface area contributed by atoms with Gasteiger partial charge in [0.1, 0.15) is 5.82 Å². The molecule has 2 aromatic rings. The van der Waals surface area contributed by atoms with Crippen LogP contribution in [-0.2, 0) is 15.8 Å². The van der Waals surface area contributed by atoms with E-state index in [0.717, 1.165) is 35.2 Å². The molecule has 3 rings (SSSR count). The number of halogens is 4. The second kappa shape index (κ2) is 7.35. The molecule has 8 heteroatoms. The predicted molar refractivity (Wildman–Crippen MR) is 97.6 cm³/mol. The number of hydrogen-bond acceptors (Lipinski definition) is 3. The van der Waals surface area contributed by atoms with E-state index in [9.17, 15) is 32.3 Å². The maximum Gasteiger partial charge on any atom is 0.416 e. The highest BCUT2D eigenvalue weighted by atomic mass is 19.4. The summed E-state index contributed by atoms with van der Waals surface area (Å²) in [5.41, 5.74) is -1.26. The van der Waals surface area contributed by atoms with Crippen molar-refractivity contribution in [3.05, 3.63) is 76.8 Å². The molecule has 0 bridgehead atoms. The van der Waals surface area contributed by atoms with Crippen molar-refractivity contribution < 1.29 is 32.3 Å². The molecule has 1 amide bonds. The fourth-order valence-electron chi connectivity index (χ4n) is 3.24. The second-order valence-electron chi connectivity index (χ2n) is 6.93. The summed E-state index contributed by atoms with van der Waals surface area (Å²) in [7, 11) is 0. The van der Waals surface area contributed by atoms with Crippen LogP contribution < -0.4 is 4.90 Å². The van der Waals surface area contributed by atoms with Gasteiger partial charge in [-0.25, -0.2) is 4.39 Å². The summed E-state index contributed by atoms with van der Waals surface area (Å²) in [5, 5.41) is 10.4. The quantitative estimate of drug-likeness (QED) is 0.728. The molecule has 2 aromatic carbocycles. The molecule has 0 fully saturated rings. The number of carbonyl (C=O) groups excluding carboxylic acids is 2. The highest BCUT2D eigenvalue weighted by molar-refractivity contribution is 6.16. The van der Waals surface area contributed by atoms with Crippen molar-refractivity contribution in [2.45, 2.75) is 26.1 Å². The van der Waals surface area contributed by atoms with Crippen LogP contribution in [0.5, 0.6) is 0 Å². The Morgan fingerprint density at radius 3 is 2.17 bits per heavy atom. The van der Waals surface area contributed by atoms with Crippen molar-refractivity contribution in [2.24, 2.45) is 5.92 Å². The molecule has 1 unspecified atom stereocenters. The SMILES string of the molecule is CC(C)C(=O)C1=C(O)C(=O)N(c2ccc(C(F)(F)F)cc2)C1c1ccccc1F. The average Bonchev–Trinajstić information content (AvgIpc) is 2.92. The molecule has 1 aliphatic heterocycles. The molecule has 0 saturated carbocycles. The molecular formula is C21H17F4NO3. The Morgan fingerprint density at radius 2 is 1.66 bits per heavy atom. The monoisotopic (exact) mass is 407 g/mol. The van der Waals surface area contributed by atoms with E-state index in [2.05, 4.69) is 0 Å². The maximum absolute atomic E-state index is 14.5. The standard InChI is InChI=1S/C21H17F4NO3/c1-11(2)18(27)16-17(14-5-3-4-6-15(14)22)26(20(29)19(16)28)13-9-7-12(8-10-13)21(23,24)25/h3-11,17,28H,1-2H3. The van der Waals surface area contributed by atoms with Gasteiger partial charge in [0.25, 0.3) is 5.91 Å². The number of aliphatic hydroxyl groups excluding tert-OH is 1. The molecule has 1 aliphatic rings. The zero-order valence-corrected chi connectivity index (χ0v) is 15.5. The van der Waals surface area contributed by atoms with E-state index in [4.69, 9.17) is 0 Å². The van der Waals surface area contributed by atoms with Gasteiger partial charge in [-0.2, -0.15) is 13.2 Å². The van der Waals surface area contributed by atoms with Gasteiger partial charge in [-0.1, -0.05) is 32.0 Å². The first-order valence-electron chi connectivity index (χ1n) is 8.76. The highest BCUT2D eigenvalue weighted by Crippen LogP contribution is 2.43. The van der Waals surface area contributed by atoms with Crippen LogP contribution in [0, 0.1) is 11.7 Å². The van der Waals surface area contributed by atoms with Crippen LogP contribution in [0.3, 0.4) is 0 Å². The number of benzene rings is 2. The lowest BCUT2D eigenvalue weighted by atomic mass is 9.91. The topological polar surface area (TPSA) is 57.6 Å². The van der Waals surface area contributed by atoms with Gasteiger partial charge >= 0.3 is 6.18 Å². The van der Waals surface area contributed by atoms with E-state index in [1.165, 1.54) is 18.2 Å². The molecule has 152 valence electrons. The van der Waals surface area contributed by atoms with E-state index in [-0.39, 0.29) is 16.8 Å². The van der Waals surface area contributed by atoms with Crippen molar-refractivity contribution >= 4 is 17.4 Å². The minimum atomic E-state index is -4.57. The van der Waals surface area contributed by atoms with Gasteiger partial charge in [-0.05, 0) is 30.3 Å². The fourth-order valence-corrected chi connectivity index (χ4v) is 3.24. The zero-order chi connectivity index (χ0) is 21.5. The van der Waals surface area contributed by atoms with Crippen molar-refractivity contribution in [1.29, 1.82) is 0 Å². The molecule has 1 atom stereocenters. The lowest BCUT2D eigenvalue weighted by Crippen LogP contribution is -2.32. The Labute approximate surface area is 164 Å². The molecule has 0 radical (unpaired) electrons. The van der Waals surface area contributed by atoms with Gasteiger partial charge < -0.3 is 5.11 Å². The number of ketones is 1. The molecule has 1 N–H and O–H groups in total. The first kappa shape index (κ1) is 20.6. The normalized spacial score (nSPS) is 17.4. The van der Waals surface area contributed by atoms with Gasteiger partial charge in [-0.3, -0.25) is 14.5 Å². The third-order valence-electron chi connectivity index (χ3n) is 4.67. The minimum absolute atomic E-state index is 0.00522. The molecule has 1 heterocycles. The summed E-state index contributed by atoms with van der Waals surface area (Å²) in [6.45, 7) is 3.12. The van der Waals surface area contributed by atoms with E-state index in [1.807, 2.05) is 0 Å². The highest BCUT2D eigenvalue weighted by Gasteiger charge is 2.45. The number of anilines is 1. The summed E-state index contributed by atoms with van der Waals surface area (Å²) in [6.07, 6.45) is -4.57. The van der Waals surface area contributed by atoms with E-state index in [1.54, 1.807) is 13.8 Å². The summed E-state index contributed by atoms with van der Waals surface area (Å²) in [6, 6.07) is 7.77. The molecule has 0 saturated heterocycles. The van der Waals surface area contributed by atoms with Crippen LogP contribution in [0.15, 0.2) is 59.9 Å². The fraction of sp³-hybridized carbons (Fsp3) is 0.238. The van der Waals surface area contributed by atoms with E-state index < -0.39 is 47.0 Å². The van der Waals surface area contributed by atoms with Gasteiger partial charge in [0.2, 0.25) is 0 Å². The van der Waals surface area contributed by atoms with Crippen molar-refractivity contribution in [1.82, 2.24) is 0 Å². The largest absolute Gasteiger partial charge is 0.503 e. The Kier molecular flexibility index (Phi) is 5.21. The van der Waals surface area contributed by atoms with Gasteiger partial charge in [0, 0.05) is 17.2 Å². The summed E-state index contributed by atoms with van der Waals surface area (Å²) < 4.78 is 53.1. The van der Waals surface area contributed by atoms with Gasteiger partial charge in [0.15, 0.2) is 11.5 Å². The first-order chi connectivity index (χ1) is 13.5. The van der Waals surface area contributed by atoms with Gasteiger partial charge in [-0.15, -0.1) is 0 Å². The first-order valence-corrected chi connectivity index (χ1v) is 8.76. The third kappa shape index (κ3) is 3.62. The maximum atomic E-state index is 14.5. The average molecular weight is 407 g/mol. The number of alkyl halides is 3. The lowest BCUT2D eigenvalue weighted by molar-refractivity contribution is -0.137. The number of amides is 1. The number of Topliss-reactive ketones (excluding diaryl/α,β-unsaturated/α-hetero) is 1. The van der Waals surface area contributed by atoms with Gasteiger partial charge in [0.05, 0.1) is 17.2 Å². The second-order valence-corrected chi connectivity index (χ2v) is 6.93. The van der Waals surface area contributed by atoms with Crippen molar-refractivity contribution in [2.75, 3.05) is 4.90 Å². The van der Waals surface area contributed by atoms with Crippen molar-refractivity contribution in [3.63, 3.8) is 0 Å². The molecule has 4 nitrogen and oxygen atoms in total.